The number of rotatable bonds is 3. The highest BCUT2D eigenvalue weighted by Crippen LogP contribution is 2.08. The molecule has 0 aromatic carbocycles. The van der Waals surface area contributed by atoms with E-state index in [1.54, 1.807) is 0 Å². The maximum absolute atomic E-state index is 10.6. The molecule has 1 heterocycles. The standard InChI is InChI=1S/C9H18N2O2/c1-8(12)10-4-6-11-5-2-3-9(13)7-11/h9,13H,2-7H2,1H3,(H,10,12). The minimum Gasteiger partial charge on any atom is -0.392 e. The summed E-state index contributed by atoms with van der Waals surface area (Å²) < 4.78 is 0. The van der Waals surface area contributed by atoms with E-state index in [1.165, 1.54) is 6.92 Å². The summed E-state index contributed by atoms with van der Waals surface area (Å²) in [5.74, 6) is 0.0116. The molecule has 0 aromatic rings. The van der Waals surface area contributed by atoms with Crippen LogP contribution in [0.4, 0.5) is 0 Å². The van der Waals surface area contributed by atoms with Crippen LogP contribution in [0.25, 0.3) is 0 Å². The van der Waals surface area contributed by atoms with Crippen molar-refractivity contribution in [2.45, 2.75) is 25.9 Å². The van der Waals surface area contributed by atoms with E-state index < -0.39 is 0 Å². The summed E-state index contributed by atoms with van der Waals surface area (Å²) >= 11 is 0. The third-order valence-corrected chi connectivity index (χ3v) is 2.28. The van der Waals surface area contributed by atoms with Crippen LogP contribution in [-0.4, -0.2) is 48.2 Å². The van der Waals surface area contributed by atoms with Gasteiger partial charge in [0.1, 0.15) is 0 Å². The van der Waals surface area contributed by atoms with Crippen LogP contribution in [0, 0.1) is 0 Å². The summed E-state index contributed by atoms with van der Waals surface area (Å²) in [6, 6.07) is 0. The first kappa shape index (κ1) is 10.5. The molecule has 0 saturated carbocycles. The summed E-state index contributed by atoms with van der Waals surface area (Å²) in [6.07, 6.45) is 1.80. The van der Waals surface area contributed by atoms with Crippen molar-refractivity contribution in [3.05, 3.63) is 0 Å². The highest BCUT2D eigenvalue weighted by Gasteiger charge is 2.16. The summed E-state index contributed by atoms with van der Waals surface area (Å²) in [7, 11) is 0. The molecular formula is C9H18N2O2. The Bertz CT molecular complexity index is 173. The van der Waals surface area contributed by atoms with Crippen LogP contribution < -0.4 is 5.32 Å². The smallest absolute Gasteiger partial charge is 0.216 e. The molecule has 13 heavy (non-hydrogen) atoms. The molecule has 4 nitrogen and oxygen atoms in total. The van der Waals surface area contributed by atoms with Crippen molar-refractivity contribution < 1.29 is 9.90 Å². The number of hydrogen-bond acceptors (Lipinski definition) is 3. The van der Waals surface area contributed by atoms with Crippen LogP contribution >= 0.6 is 0 Å². The summed E-state index contributed by atoms with van der Waals surface area (Å²) in [5, 5.41) is 12.1. The van der Waals surface area contributed by atoms with Gasteiger partial charge in [-0.15, -0.1) is 0 Å². The second kappa shape index (κ2) is 5.19. The monoisotopic (exact) mass is 186 g/mol. The van der Waals surface area contributed by atoms with Crippen molar-refractivity contribution in [1.29, 1.82) is 0 Å². The van der Waals surface area contributed by atoms with Gasteiger partial charge >= 0.3 is 0 Å². The molecule has 0 aliphatic carbocycles. The highest BCUT2D eigenvalue weighted by molar-refractivity contribution is 5.72. The molecule has 2 N–H and O–H groups in total. The maximum Gasteiger partial charge on any atom is 0.216 e. The zero-order chi connectivity index (χ0) is 9.68. The minimum absolute atomic E-state index is 0.0116. The Morgan fingerprint density at radius 1 is 1.69 bits per heavy atom. The van der Waals surface area contributed by atoms with Gasteiger partial charge in [-0.05, 0) is 19.4 Å². The molecule has 0 spiro atoms. The van der Waals surface area contributed by atoms with E-state index in [4.69, 9.17) is 0 Å². The van der Waals surface area contributed by atoms with Crippen LogP contribution in [0.2, 0.25) is 0 Å². The minimum atomic E-state index is -0.175. The van der Waals surface area contributed by atoms with Crippen molar-refractivity contribution in [2.75, 3.05) is 26.2 Å². The van der Waals surface area contributed by atoms with Gasteiger partial charge in [-0.1, -0.05) is 0 Å². The van der Waals surface area contributed by atoms with Crippen molar-refractivity contribution in [3.63, 3.8) is 0 Å². The average Bonchev–Trinajstić information content (AvgIpc) is 2.03. The molecule has 1 atom stereocenters. The third kappa shape index (κ3) is 4.24. The van der Waals surface area contributed by atoms with Crippen molar-refractivity contribution in [2.24, 2.45) is 0 Å². The normalized spacial score (nSPS) is 24.3. The second-order valence-corrected chi connectivity index (χ2v) is 3.58. The Labute approximate surface area is 78.9 Å². The molecule has 1 saturated heterocycles. The second-order valence-electron chi connectivity index (χ2n) is 3.58. The third-order valence-electron chi connectivity index (χ3n) is 2.28. The number of nitrogens with zero attached hydrogens (tertiary/aromatic N) is 1. The quantitative estimate of drug-likeness (QED) is 0.629. The molecule has 1 unspecified atom stereocenters. The molecule has 0 aromatic heterocycles. The maximum atomic E-state index is 10.6. The molecule has 1 aliphatic heterocycles. The number of amides is 1. The van der Waals surface area contributed by atoms with Gasteiger partial charge < -0.3 is 10.4 Å². The van der Waals surface area contributed by atoms with E-state index in [0.29, 0.717) is 6.54 Å². The van der Waals surface area contributed by atoms with Gasteiger partial charge in [0.15, 0.2) is 0 Å². The van der Waals surface area contributed by atoms with E-state index in [9.17, 15) is 9.90 Å². The molecule has 76 valence electrons. The van der Waals surface area contributed by atoms with Gasteiger partial charge in [-0.3, -0.25) is 9.69 Å². The fraction of sp³-hybridized carbons (Fsp3) is 0.889. The lowest BCUT2D eigenvalue weighted by molar-refractivity contribution is -0.119. The molecular weight excluding hydrogens is 168 g/mol. The first-order valence-electron chi connectivity index (χ1n) is 4.83. The van der Waals surface area contributed by atoms with Crippen LogP contribution in [0.1, 0.15) is 19.8 Å². The Morgan fingerprint density at radius 2 is 2.46 bits per heavy atom. The summed E-state index contributed by atoms with van der Waals surface area (Å²) in [5.41, 5.74) is 0. The average molecular weight is 186 g/mol. The molecule has 1 amide bonds. The first-order valence-corrected chi connectivity index (χ1v) is 4.83. The lowest BCUT2D eigenvalue weighted by Gasteiger charge is -2.29. The zero-order valence-corrected chi connectivity index (χ0v) is 8.12. The van der Waals surface area contributed by atoms with Gasteiger partial charge in [-0.2, -0.15) is 0 Å². The lowest BCUT2D eigenvalue weighted by Crippen LogP contribution is -2.42. The topological polar surface area (TPSA) is 52.6 Å². The van der Waals surface area contributed by atoms with Crippen LogP contribution in [0.5, 0.6) is 0 Å². The predicted octanol–water partition coefficient (Wildman–Crippen LogP) is -0.421. The summed E-state index contributed by atoms with van der Waals surface area (Å²) in [6.45, 7) is 4.83. The van der Waals surface area contributed by atoms with Crippen molar-refractivity contribution >= 4 is 5.91 Å². The highest BCUT2D eigenvalue weighted by atomic mass is 16.3. The molecule has 0 bridgehead atoms. The van der Waals surface area contributed by atoms with E-state index in [0.717, 1.165) is 32.5 Å². The molecule has 0 radical (unpaired) electrons. The number of aliphatic hydroxyl groups excluding tert-OH is 1. The van der Waals surface area contributed by atoms with E-state index >= 15 is 0 Å². The molecule has 1 rings (SSSR count). The van der Waals surface area contributed by atoms with E-state index in [-0.39, 0.29) is 12.0 Å². The van der Waals surface area contributed by atoms with Gasteiger partial charge in [0, 0.05) is 26.6 Å². The Morgan fingerprint density at radius 3 is 3.08 bits per heavy atom. The molecule has 1 aliphatic rings. The molecule has 4 heteroatoms. The number of β-amino-alcohol motifs (C(OH)–C–C–N with tert-alkyl or cyclic N) is 1. The zero-order valence-electron chi connectivity index (χ0n) is 8.12. The van der Waals surface area contributed by atoms with Gasteiger partial charge in [0.05, 0.1) is 6.10 Å². The van der Waals surface area contributed by atoms with Gasteiger partial charge in [0.2, 0.25) is 5.91 Å². The number of aliphatic hydroxyl groups is 1. The SMILES string of the molecule is CC(=O)NCCN1CCCC(O)C1. The summed E-state index contributed by atoms with van der Waals surface area (Å²) in [4.78, 5) is 12.8. The van der Waals surface area contributed by atoms with Crippen molar-refractivity contribution in [1.82, 2.24) is 10.2 Å². The van der Waals surface area contributed by atoms with E-state index in [1.807, 2.05) is 0 Å². The fourth-order valence-electron chi connectivity index (χ4n) is 1.62. The Kier molecular flexibility index (Phi) is 4.18. The van der Waals surface area contributed by atoms with Crippen LogP contribution in [-0.2, 0) is 4.79 Å². The number of nitrogens with one attached hydrogen (secondary N) is 1. The number of carbonyl (C=O) groups is 1. The Hall–Kier alpha value is -0.610. The predicted molar refractivity (Wildman–Crippen MR) is 50.4 cm³/mol. The largest absolute Gasteiger partial charge is 0.392 e. The Balaban J connectivity index is 2.10. The fourth-order valence-corrected chi connectivity index (χ4v) is 1.62. The number of likely N-dealkylation sites (tertiary alicyclic amines) is 1. The number of hydrogen-bond donors (Lipinski definition) is 2. The number of carbonyl (C=O) groups excluding carboxylic acids is 1. The van der Waals surface area contributed by atoms with Gasteiger partial charge in [0.25, 0.3) is 0 Å². The first-order chi connectivity index (χ1) is 6.18. The molecule has 1 fully saturated rings. The van der Waals surface area contributed by atoms with Crippen LogP contribution in [0.15, 0.2) is 0 Å². The number of piperidine rings is 1. The lowest BCUT2D eigenvalue weighted by atomic mass is 10.1. The van der Waals surface area contributed by atoms with Crippen LogP contribution in [0.3, 0.4) is 0 Å². The van der Waals surface area contributed by atoms with Crippen molar-refractivity contribution in [3.8, 4) is 0 Å². The van der Waals surface area contributed by atoms with E-state index in [2.05, 4.69) is 10.2 Å². The van der Waals surface area contributed by atoms with Gasteiger partial charge in [-0.25, -0.2) is 0 Å².